The molecule has 0 saturated carbocycles. The summed E-state index contributed by atoms with van der Waals surface area (Å²) in [6, 6.07) is 0. The van der Waals surface area contributed by atoms with Crippen LogP contribution in [0.3, 0.4) is 0 Å². The number of hydrogen-bond acceptors (Lipinski definition) is 2. The molecular formula is C13H22O2. The quantitative estimate of drug-likeness (QED) is 0.513. The molecule has 0 amide bonds. The summed E-state index contributed by atoms with van der Waals surface area (Å²) in [6.45, 7) is 3.77. The highest BCUT2D eigenvalue weighted by Gasteiger charge is 2.12. The van der Waals surface area contributed by atoms with E-state index in [2.05, 4.69) is 18.8 Å². The molecule has 0 aromatic rings. The maximum Gasteiger partial charge on any atom is 0.157 e. The molecule has 1 atom stereocenters. The van der Waals surface area contributed by atoms with Crippen molar-refractivity contribution in [3.63, 3.8) is 0 Å². The Morgan fingerprint density at radius 3 is 2.93 bits per heavy atom. The van der Waals surface area contributed by atoms with Crippen molar-refractivity contribution in [3.05, 3.63) is 0 Å². The Labute approximate surface area is 93.3 Å². The van der Waals surface area contributed by atoms with E-state index >= 15 is 0 Å². The number of unbranched alkanes of at least 4 members (excludes halogenated alkanes) is 2. The number of ether oxygens (including phenoxy) is 2. The molecule has 1 heterocycles. The second-order valence-corrected chi connectivity index (χ2v) is 3.83. The third-order valence-corrected chi connectivity index (χ3v) is 2.44. The fraction of sp³-hybridized carbons (Fsp3) is 0.846. The molecule has 0 aromatic heterocycles. The van der Waals surface area contributed by atoms with E-state index < -0.39 is 0 Å². The van der Waals surface area contributed by atoms with Gasteiger partial charge in [-0.2, -0.15) is 0 Å². The van der Waals surface area contributed by atoms with E-state index in [0.717, 1.165) is 45.3 Å². The van der Waals surface area contributed by atoms with Gasteiger partial charge in [0.25, 0.3) is 0 Å². The van der Waals surface area contributed by atoms with Gasteiger partial charge < -0.3 is 9.47 Å². The number of rotatable bonds is 5. The molecule has 1 saturated heterocycles. The second kappa shape index (κ2) is 8.76. The minimum absolute atomic E-state index is 0.0699. The average molecular weight is 210 g/mol. The van der Waals surface area contributed by atoms with Crippen LogP contribution in [0.5, 0.6) is 0 Å². The molecule has 1 aliphatic heterocycles. The second-order valence-electron chi connectivity index (χ2n) is 3.83. The lowest BCUT2D eigenvalue weighted by atomic mass is 10.2. The smallest absolute Gasteiger partial charge is 0.157 e. The first-order chi connectivity index (χ1) is 7.43. The van der Waals surface area contributed by atoms with Crippen LogP contribution in [0.1, 0.15) is 51.9 Å². The molecule has 0 aliphatic carbocycles. The predicted molar refractivity (Wildman–Crippen MR) is 61.5 cm³/mol. The van der Waals surface area contributed by atoms with Gasteiger partial charge in [-0.05, 0) is 32.1 Å². The van der Waals surface area contributed by atoms with Crippen LogP contribution in [0.2, 0.25) is 0 Å². The van der Waals surface area contributed by atoms with Gasteiger partial charge in [0.15, 0.2) is 6.29 Å². The van der Waals surface area contributed by atoms with Gasteiger partial charge in [0, 0.05) is 26.1 Å². The first-order valence-corrected chi connectivity index (χ1v) is 6.12. The summed E-state index contributed by atoms with van der Waals surface area (Å²) >= 11 is 0. The third-order valence-electron chi connectivity index (χ3n) is 2.44. The Morgan fingerprint density at radius 1 is 1.27 bits per heavy atom. The van der Waals surface area contributed by atoms with Gasteiger partial charge in [-0.15, -0.1) is 11.8 Å². The van der Waals surface area contributed by atoms with E-state index in [1.165, 1.54) is 12.8 Å². The average Bonchev–Trinajstić information content (AvgIpc) is 2.29. The van der Waals surface area contributed by atoms with Crippen molar-refractivity contribution in [2.45, 2.75) is 58.2 Å². The van der Waals surface area contributed by atoms with Crippen LogP contribution in [-0.4, -0.2) is 19.5 Å². The highest BCUT2D eigenvalue weighted by molar-refractivity contribution is 4.97. The van der Waals surface area contributed by atoms with Crippen LogP contribution in [0.15, 0.2) is 0 Å². The van der Waals surface area contributed by atoms with Crippen molar-refractivity contribution in [1.29, 1.82) is 0 Å². The Hall–Kier alpha value is -0.520. The van der Waals surface area contributed by atoms with Gasteiger partial charge in [0.1, 0.15) is 0 Å². The minimum Gasteiger partial charge on any atom is -0.353 e. The normalized spacial score (nSPS) is 20.7. The summed E-state index contributed by atoms with van der Waals surface area (Å²) in [5.74, 6) is 6.21. The van der Waals surface area contributed by atoms with Crippen LogP contribution in [0.4, 0.5) is 0 Å². The molecule has 2 heteroatoms. The molecule has 0 spiro atoms. The van der Waals surface area contributed by atoms with Crippen LogP contribution in [0.25, 0.3) is 0 Å². The molecule has 1 unspecified atom stereocenters. The fourth-order valence-corrected chi connectivity index (χ4v) is 1.59. The van der Waals surface area contributed by atoms with E-state index in [9.17, 15) is 0 Å². The van der Waals surface area contributed by atoms with E-state index in [1.54, 1.807) is 0 Å². The van der Waals surface area contributed by atoms with E-state index in [-0.39, 0.29) is 6.29 Å². The lowest BCUT2D eigenvalue weighted by molar-refractivity contribution is -0.162. The molecule has 0 N–H and O–H groups in total. The lowest BCUT2D eigenvalue weighted by Crippen LogP contribution is -2.22. The molecule has 0 radical (unpaired) electrons. The Bertz CT molecular complexity index is 196. The Kier molecular flexibility index (Phi) is 7.33. The molecule has 1 rings (SSSR count). The zero-order chi connectivity index (χ0) is 10.8. The van der Waals surface area contributed by atoms with E-state index in [4.69, 9.17) is 9.47 Å². The van der Waals surface area contributed by atoms with Gasteiger partial charge >= 0.3 is 0 Å². The predicted octanol–water partition coefficient (Wildman–Crippen LogP) is 3.11. The lowest BCUT2D eigenvalue weighted by Gasteiger charge is -2.22. The van der Waals surface area contributed by atoms with Crippen molar-refractivity contribution in [2.24, 2.45) is 0 Å². The monoisotopic (exact) mass is 210 g/mol. The van der Waals surface area contributed by atoms with Gasteiger partial charge in [-0.1, -0.05) is 6.92 Å². The van der Waals surface area contributed by atoms with Crippen molar-refractivity contribution in [2.75, 3.05) is 13.2 Å². The zero-order valence-corrected chi connectivity index (χ0v) is 9.76. The van der Waals surface area contributed by atoms with Crippen LogP contribution >= 0.6 is 0 Å². The van der Waals surface area contributed by atoms with Crippen LogP contribution < -0.4 is 0 Å². The molecule has 0 aromatic carbocycles. The summed E-state index contributed by atoms with van der Waals surface area (Å²) < 4.78 is 11.1. The first kappa shape index (κ1) is 12.5. The van der Waals surface area contributed by atoms with Crippen molar-refractivity contribution in [3.8, 4) is 11.8 Å². The summed E-state index contributed by atoms with van der Waals surface area (Å²) in [4.78, 5) is 0. The van der Waals surface area contributed by atoms with Gasteiger partial charge in [0.05, 0.1) is 0 Å². The zero-order valence-electron chi connectivity index (χ0n) is 9.76. The molecule has 0 bridgehead atoms. The Morgan fingerprint density at radius 2 is 2.20 bits per heavy atom. The summed E-state index contributed by atoms with van der Waals surface area (Å²) in [5.41, 5.74) is 0. The van der Waals surface area contributed by atoms with Crippen LogP contribution in [0, 0.1) is 11.8 Å². The topological polar surface area (TPSA) is 18.5 Å². The highest BCUT2D eigenvalue weighted by atomic mass is 16.7. The van der Waals surface area contributed by atoms with Gasteiger partial charge in [-0.25, -0.2) is 0 Å². The molecule has 86 valence electrons. The van der Waals surface area contributed by atoms with E-state index in [1.807, 2.05) is 0 Å². The van der Waals surface area contributed by atoms with Crippen LogP contribution in [-0.2, 0) is 9.47 Å². The summed E-state index contributed by atoms with van der Waals surface area (Å²) in [7, 11) is 0. The number of hydrogen-bond donors (Lipinski definition) is 0. The van der Waals surface area contributed by atoms with E-state index in [0.29, 0.717) is 0 Å². The molecule has 1 aliphatic rings. The molecule has 1 fully saturated rings. The molecule has 2 nitrogen and oxygen atoms in total. The maximum absolute atomic E-state index is 5.62. The molecule has 15 heavy (non-hydrogen) atoms. The summed E-state index contributed by atoms with van der Waals surface area (Å²) in [6.07, 6.45) is 7.77. The minimum atomic E-state index is 0.0699. The van der Waals surface area contributed by atoms with Crippen molar-refractivity contribution < 1.29 is 9.47 Å². The van der Waals surface area contributed by atoms with Crippen molar-refractivity contribution >= 4 is 0 Å². The summed E-state index contributed by atoms with van der Waals surface area (Å²) in [5, 5.41) is 0. The highest BCUT2D eigenvalue weighted by Crippen LogP contribution is 2.13. The fourth-order valence-electron chi connectivity index (χ4n) is 1.59. The molecular weight excluding hydrogens is 188 g/mol. The van der Waals surface area contributed by atoms with Gasteiger partial charge in [-0.3, -0.25) is 0 Å². The SMILES string of the molecule is CCC#CCCCCOC1CCCCO1. The Balaban J connectivity index is 1.87. The largest absolute Gasteiger partial charge is 0.353 e. The first-order valence-electron chi connectivity index (χ1n) is 6.12. The standard InChI is InChI=1S/C13H22O2/c1-2-3-4-5-6-8-11-14-13-10-7-9-12-15-13/h13H,2,5-12H2,1H3. The maximum atomic E-state index is 5.62. The third kappa shape index (κ3) is 6.54. The van der Waals surface area contributed by atoms with Crippen molar-refractivity contribution in [1.82, 2.24) is 0 Å². The van der Waals surface area contributed by atoms with Gasteiger partial charge in [0.2, 0.25) is 0 Å².